The third kappa shape index (κ3) is 8.05. The van der Waals surface area contributed by atoms with Gasteiger partial charge in [-0.15, -0.1) is 0 Å². The van der Waals surface area contributed by atoms with E-state index < -0.39 is 0 Å². The van der Waals surface area contributed by atoms with Crippen molar-refractivity contribution in [3.8, 4) is 5.75 Å². The lowest BCUT2D eigenvalue weighted by molar-refractivity contribution is 0.297. The fraction of sp³-hybridized carbons (Fsp3) is 0.722. The van der Waals surface area contributed by atoms with Crippen LogP contribution in [0.3, 0.4) is 0 Å². The van der Waals surface area contributed by atoms with E-state index in [1.807, 2.05) is 19.1 Å². The summed E-state index contributed by atoms with van der Waals surface area (Å²) in [6, 6.07) is 4.07. The fourth-order valence-corrected chi connectivity index (χ4v) is 2.09. The molecule has 120 valence electrons. The Balaban J connectivity index is 2.48. The molecule has 0 aliphatic heterocycles. The topological polar surface area (TPSA) is 34.1 Å². The quantitative estimate of drug-likeness (QED) is 0.674. The number of aromatic nitrogens is 1. The minimum Gasteiger partial charge on any atom is -0.492 e. The van der Waals surface area contributed by atoms with Gasteiger partial charge in [-0.2, -0.15) is 0 Å². The van der Waals surface area contributed by atoms with Crippen molar-refractivity contribution in [1.29, 1.82) is 0 Å². The van der Waals surface area contributed by atoms with Gasteiger partial charge in [-0.05, 0) is 46.2 Å². The van der Waals surface area contributed by atoms with Crippen LogP contribution in [0.2, 0.25) is 0 Å². The zero-order valence-electron chi connectivity index (χ0n) is 14.5. The molecule has 0 spiro atoms. The van der Waals surface area contributed by atoms with E-state index in [-0.39, 0.29) is 5.54 Å². The van der Waals surface area contributed by atoms with Gasteiger partial charge >= 0.3 is 0 Å². The van der Waals surface area contributed by atoms with E-state index in [4.69, 9.17) is 4.74 Å². The molecule has 3 nitrogen and oxygen atoms in total. The Hall–Kier alpha value is -1.09. The smallest absolute Gasteiger partial charge is 0.142 e. The van der Waals surface area contributed by atoms with Gasteiger partial charge in [0.2, 0.25) is 0 Å². The maximum atomic E-state index is 5.94. The summed E-state index contributed by atoms with van der Waals surface area (Å²) < 4.78 is 5.94. The fourth-order valence-electron chi connectivity index (χ4n) is 2.09. The molecule has 0 radical (unpaired) electrons. The van der Waals surface area contributed by atoms with E-state index in [9.17, 15) is 0 Å². The van der Waals surface area contributed by atoms with Crippen LogP contribution < -0.4 is 10.1 Å². The number of aryl methyl sites for hydroxylation is 1. The molecule has 0 aliphatic carbocycles. The summed E-state index contributed by atoms with van der Waals surface area (Å²) >= 11 is 0. The number of rotatable bonds is 9. The summed E-state index contributed by atoms with van der Waals surface area (Å²) in [5.74, 6) is 0.924. The first-order valence-electron chi connectivity index (χ1n) is 8.26. The highest BCUT2D eigenvalue weighted by molar-refractivity contribution is 5.29. The number of ether oxygens (including phenoxy) is 1. The van der Waals surface area contributed by atoms with Crippen LogP contribution in [0.1, 0.15) is 71.2 Å². The number of hydrogen-bond acceptors (Lipinski definition) is 3. The molecule has 0 saturated carbocycles. The van der Waals surface area contributed by atoms with E-state index in [1.165, 1.54) is 25.7 Å². The van der Waals surface area contributed by atoms with Crippen molar-refractivity contribution in [3.63, 3.8) is 0 Å². The largest absolute Gasteiger partial charge is 0.492 e. The van der Waals surface area contributed by atoms with Crippen LogP contribution in [-0.2, 0) is 6.54 Å². The summed E-state index contributed by atoms with van der Waals surface area (Å²) in [5, 5.41) is 3.48. The number of nitrogens with zero attached hydrogens (tertiary/aromatic N) is 1. The van der Waals surface area contributed by atoms with Gasteiger partial charge in [0.1, 0.15) is 5.75 Å². The van der Waals surface area contributed by atoms with Gasteiger partial charge < -0.3 is 10.1 Å². The molecule has 3 heteroatoms. The van der Waals surface area contributed by atoms with Crippen molar-refractivity contribution in [3.05, 3.63) is 23.5 Å². The van der Waals surface area contributed by atoms with Gasteiger partial charge in [-0.1, -0.05) is 32.6 Å². The van der Waals surface area contributed by atoms with Crippen molar-refractivity contribution in [2.75, 3.05) is 6.61 Å². The van der Waals surface area contributed by atoms with E-state index in [2.05, 4.69) is 38.0 Å². The third-order valence-electron chi connectivity index (χ3n) is 3.36. The second-order valence-corrected chi connectivity index (χ2v) is 6.76. The van der Waals surface area contributed by atoms with E-state index in [0.29, 0.717) is 0 Å². The molecule has 0 unspecified atom stereocenters. The lowest BCUT2D eigenvalue weighted by atomic mass is 10.1. The predicted octanol–water partition coefficient (Wildman–Crippen LogP) is 4.63. The maximum Gasteiger partial charge on any atom is 0.142 e. The number of pyridine rings is 1. The van der Waals surface area contributed by atoms with Crippen LogP contribution in [0, 0.1) is 6.92 Å². The Morgan fingerprint density at radius 3 is 2.48 bits per heavy atom. The van der Waals surface area contributed by atoms with Gasteiger partial charge in [0.25, 0.3) is 0 Å². The molecule has 0 saturated heterocycles. The standard InChI is InChI=1S/C18H32N2O/c1-6-7-8-9-10-13-21-17-12-11-15(2)20-16(17)14-19-18(3,4)5/h11-12,19H,6-10,13-14H2,1-5H3. The Kier molecular flexibility index (Phi) is 7.73. The van der Waals surface area contributed by atoms with Gasteiger partial charge in [0.05, 0.1) is 12.3 Å². The summed E-state index contributed by atoms with van der Waals surface area (Å²) in [6.45, 7) is 12.3. The van der Waals surface area contributed by atoms with Crippen LogP contribution in [0.15, 0.2) is 12.1 Å². The van der Waals surface area contributed by atoms with E-state index in [1.54, 1.807) is 0 Å². The molecule has 1 rings (SSSR count). The van der Waals surface area contributed by atoms with Gasteiger partial charge in [-0.25, -0.2) is 0 Å². The van der Waals surface area contributed by atoms with Crippen molar-refractivity contribution in [1.82, 2.24) is 10.3 Å². The van der Waals surface area contributed by atoms with Gasteiger partial charge in [0.15, 0.2) is 0 Å². The lowest BCUT2D eigenvalue weighted by Gasteiger charge is -2.21. The first kappa shape index (κ1) is 18.0. The second kappa shape index (κ2) is 9.04. The molecule has 1 heterocycles. The Bertz CT molecular complexity index is 410. The van der Waals surface area contributed by atoms with Crippen LogP contribution in [0.5, 0.6) is 5.75 Å². The molecule has 0 fully saturated rings. The molecule has 0 amide bonds. The minimum atomic E-state index is 0.0862. The highest BCUT2D eigenvalue weighted by Crippen LogP contribution is 2.18. The molecule has 0 atom stereocenters. The molecule has 21 heavy (non-hydrogen) atoms. The van der Waals surface area contributed by atoms with Gasteiger partial charge in [0, 0.05) is 17.8 Å². The molecular formula is C18H32N2O. The second-order valence-electron chi connectivity index (χ2n) is 6.76. The zero-order chi connectivity index (χ0) is 15.7. The predicted molar refractivity (Wildman–Crippen MR) is 89.8 cm³/mol. The minimum absolute atomic E-state index is 0.0862. The first-order valence-corrected chi connectivity index (χ1v) is 8.26. The monoisotopic (exact) mass is 292 g/mol. The Morgan fingerprint density at radius 2 is 1.81 bits per heavy atom. The van der Waals surface area contributed by atoms with Crippen molar-refractivity contribution in [2.45, 2.75) is 78.8 Å². The molecular weight excluding hydrogens is 260 g/mol. The van der Waals surface area contributed by atoms with Crippen LogP contribution in [-0.4, -0.2) is 17.1 Å². The maximum absolute atomic E-state index is 5.94. The Morgan fingerprint density at radius 1 is 1.10 bits per heavy atom. The molecule has 1 aromatic heterocycles. The highest BCUT2D eigenvalue weighted by atomic mass is 16.5. The lowest BCUT2D eigenvalue weighted by Crippen LogP contribution is -2.35. The number of unbranched alkanes of at least 4 members (excludes halogenated alkanes) is 4. The average Bonchev–Trinajstić information content (AvgIpc) is 2.41. The number of nitrogens with one attached hydrogen (secondary N) is 1. The zero-order valence-corrected chi connectivity index (χ0v) is 14.5. The SMILES string of the molecule is CCCCCCCOc1ccc(C)nc1CNC(C)(C)C. The van der Waals surface area contributed by atoms with Crippen molar-refractivity contribution >= 4 is 0 Å². The Labute approximate surface area is 130 Å². The average molecular weight is 292 g/mol. The summed E-state index contributed by atoms with van der Waals surface area (Å²) in [4.78, 5) is 4.62. The highest BCUT2D eigenvalue weighted by Gasteiger charge is 2.12. The van der Waals surface area contributed by atoms with Crippen molar-refractivity contribution < 1.29 is 4.74 Å². The molecule has 0 bridgehead atoms. The molecule has 1 N–H and O–H groups in total. The van der Waals surface area contributed by atoms with E-state index >= 15 is 0 Å². The van der Waals surface area contributed by atoms with Crippen LogP contribution in [0.4, 0.5) is 0 Å². The number of hydrogen-bond donors (Lipinski definition) is 1. The van der Waals surface area contributed by atoms with E-state index in [0.717, 1.165) is 36.7 Å². The van der Waals surface area contributed by atoms with Crippen molar-refractivity contribution in [2.24, 2.45) is 0 Å². The summed E-state index contributed by atoms with van der Waals surface area (Å²) in [5.41, 5.74) is 2.14. The van der Waals surface area contributed by atoms with Crippen LogP contribution >= 0.6 is 0 Å². The molecule has 0 aliphatic rings. The molecule has 1 aromatic rings. The normalized spacial score (nSPS) is 11.7. The van der Waals surface area contributed by atoms with Gasteiger partial charge in [-0.3, -0.25) is 4.98 Å². The molecule has 0 aromatic carbocycles. The first-order chi connectivity index (χ1) is 9.92. The third-order valence-corrected chi connectivity index (χ3v) is 3.36. The summed E-state index contributed by atoms with van der Waals surface area (Å²) in [6.07, 6.45) is 6.30. The van der Waals surface area contributed by atoms with Crippen LogP contribution in [0.25, 0.3) is 0 Å². The summed E-state index contributed by atoms with van der Waals surface area (Å²) in [7, 11) is 0.